The van der Waals surface area contributed by atoms with Crippen LogP contribution in [-0.2, 0) is 23.6 Å². The molecular formula is C31H30ClN4O6+. The number of hydrogen-bond acceptors (Lipinski definition) is 7. The normalized spacial score (nSPS) is 26.4. The molecule has 4 atom stereocenters. The van der Waals surface area contributed by atoms with E-state index in [0.717, 1.165) is 17.5 Å². The lowest BCUT2D eigenvalue weighted by atomic mass is 9.92. The number of pyridine rings is 1. The molecule has 0 amide bonds. The van der Waals surface area contributed by atoms with E-state index >= 15 is 0 Å². The molecule has 0 bridgehead atoms. The Kier molecular flexibility index (Phi) is 6.47. The minimum Gasteiger partial charge on any atom is -0.478 e. The van der Waals surface area contributed by atoms with Gasteiger partial charge in [-0.15, -0.1) is 4.65 Å². The summed E-state index contributed by atoms with van der Waals surface area (Å²) in [4.78, 5) is 20.8. The minimum absolute atomic E-state index is 0.00259. The van der Waals surface area contributed by atoms with E-state index in [1.54, 1.807) is 42.7 Å². The Labute approximate surface area is 246 Å². The van der Waals surface area contributed by atoms with Crippen LogP contribution < -0.4 is 9.47 Å². The molecule has 5 heterocycles. The van der Waals surface area contributed by atoms with Gasteiger partial charge in [-0.1, -0.05) is 23.7 Å². The van der Waals surface area contributed by atoms with Crippen molar-refractivity contribution in [2.24, 2.45) is 0 Å². The number of halogens is 1. The maximum absolute atomic E-state index is 11.6. The summed E-state index contributed by atoms with van der Waals surface area (Å²) in [7, 11) is 0. The number of aromatic nitrogens is 3. The molecule has 3 aliphatic heterocycles. The number of nitrogens with zero attached hydrogens (tertiary/aromatic N) is 4. The second-order valence-corrected chi connectivity index (χ2v) is 11.7. The van der Waals surface area contributed by atoms with Crippen LogP contribution >= 0.6 is 11.6 Å². The van der Waals surface area contributed by atoms with Gasteiger partial charge in [-0.05, 0) is 48.9 Å². The van der Waals surface area contributed by atoms with E-state index in [2.05, 4.69) is 4.98 Å². The van der Waals surface area contributed by atoms with Crippen molar-refractivity contribution in [3.05, 3.63) is 94.7 Å². The number of benzene rings is 2. The average molecular weight is 590 g/mol. The standard InChI is InChI=1S/C31H29ClN4O6/c1-31(27-8-6-21(32)16-33-27)41-26-4-2-3-23(29(26)42-31)19-9-12-36(39,13-10-19)18-28-34-24-7-5-20(30(37)38)15-25(24)35(28)17-22-11-14-40-22/h2-9,12,15-16,19,22,39H,10-11,13-14,17-18H2,1H3/p+1/t19?,22-,31-,36?/m0/s1. The molecule has 3 aliphatic rings. The summed E-state index contributed by atoms with van der Waals surface area (Å²) in [5, 5.41) is 21.7. The largest absolute Gasteiger partial charge is 0.478 e. The second kappa shape index (κ2) is 10.1. The van der Waals surface area contributed by atoms with Gasteiger partial charge in [0.2, 0.25) is 0 Å². The molecule has 2 aromatic heterocycles. The first-order chi connectivity index (χ1) is 20.2. The predicted octanol–water partition coefficient (Wildman–Crippen LogP) is 5.62. The zero-order chi connectivity index (χ0) is 29.1. The highest BCUT2D eigenvalue weighted by atomic mass is 35.5. The summed E-state index contributed by atoms with van der Waals surface area (Å²) in [6.45, 7) is 3.78. The number of aromatic carboxylic acids is 1. The lowest BCUT2D eigenvalue weighted by Gasteiger charge is -2.32. The van der Waals surface area contributed by atoms with Crippen molar-refractivity contribution in [1.29, 1.82) is 0 Å². The van der Waals surface area contributed by atoms with Crippen molar-refractivity contribution in [3.8, 4) is 11.5 Å². The number of carboxylic acid groups (broad SMARTS) is 1. The number of carbonyl (C=O) groups is 1. The van der Waals surface area contributed by atoms with Crippen LogP contribution in [0.15, 0.2) is 67.0 Å². The minimum atomic E-state index is -1.08. The summed E-state index contributed by atoms with van der Waals surface area (Å²) in [6.07, 6.45) is 7.01. The Hall–Kier alpha value is -3.96. The average Bonchev–Trinajstić information content (AvgIpc) is 3.47. The van der Waals surface area contributed by atoms with E-state index in [9.17, 15) is 15.1 Å². The molecular weight excluding hydrogens is 560 g/mol. The molecule has 2 aromatic carbocycles. The quantitative estimate of drug-likeness (QED) is 0.267. The molecule has 7 rings (SSSR count). The summed E-state index contributed by atoms with van der Waals surface area (Å²) in [5.41, 5.74) is 3.20. The number of rotatable bonds is 7. The molecule has 0 radical (unpaired) electrons. The number of hydroxylamine groups is 3. The predicted molar refractivity (Wildman–Crippen MR) is 152 cm³/mol. The lowest BCUT2D eigenvalue weighted by Crippen LogP contribution is -2.43. The van der Waals surface area contributed by atoms with Crippen LogP contribution in [-0.4, -0.2) is 54.7 Å². The molecule has 216 valence electrons. The molecule has 0 saturated carbocycles. The number of quaternary nitrogens is 1. The Balaban J connectivity index is 1.14. The fourth-order valence-corrected chi connectivity index (χ4v) is 6.00. The van der Waals surface area contributed by atoms with Crippen LogP contribution in [0.5, 0.6) is 11.5 Å². The van der Waals surface area contributed by atoms with Crippen molar-refractivity contribution in [3.63, 3.8) is 0 Å². The van der Waals surface area contributed by atoms with Gasteiger partial charge in [0.05, 0.1) is 34.3 Å². The monoisotopic (exact) mass is 589 g/mol. The number of ether oxygens (including phenoxy) is 3. The number of fused-ring (bicyclic) bond motifs is 2. The molecule has 10 nitrogen and oxygen atoms in total. The Morgan fingerprint density at radius 1 is 1.19 bits per heavy atom. The van der Waals surface area contributed by atoms with Gasteiger partial charge < -0.3 is 23.9 Å². The molecule has 11 heteroatoms. The fraction of sp³-hybridized carbons (Fsp3) is 0.323. The van der Waals surface area contributed by atoms with Crippen LogP contribution in [0, 0.1) is 0 Å². The Bertz CT molecular complexity index is 1720. The van der Waals surface area contributed by atoms with Crippen molar-refractivity contribution in [2.75, 3.05) is 13.2 Å². The van der Waals surface area contributed by atoms with Crippen molar-refractivity contribution in [1.82, 2.24) is 14.5 Å². The second-order valence-electron chi connectivity index (χ2n) is 11.2. The maximum atomic E-state index is 11.6. The molecule has 0 aliphatic carbocycles. The number of carboxylic acids is 1. The van der Waals surface area contributed by atoms with Gasteiger partial charge in [-0.2, -0.15) is 0 Å². The van der Waals surface area contributed by atoms with Gasteiger partial charge in [0.1, 0.15) is 18.4 Å². The summed E-state index contributed by atoms with van der Waals surface area (Å²) < 4.78 is 19.9. The first-order valence-electron chi connectivity index (χ1n) is 14.0. The molecule has 1 saturated heterocycles. The third-order valence-electron chi connectivity index (χ3n) is 8.30. The Morgan fingerprint density at radius 2 is 2.05 bits per heavy atom. The molecule has 2 N–H and O–H groups in total. The number of hydrogen-bond donors (Lipinski definition) is 2. The third-order valence-corrected chi connectivity index (χ3v) is 8.52. The first kappa shape index (κ1) is 26.9. The molecule has 4 aromatic rings. The van der Waals surface area contributed by atoms with E-state index in [-0.39, 0.29) is 28.8 Å². The van der Waals surface area contributed by atoms with Crippen LogP contribution in [0.3, 0.4) is 0 Å². The number of para-hydroxylation sites is 1. The van der Waals surface area contributed by atoms with E-state index in [1.807, 2.05) is 35.8 Å². The highest BCUT2D eigenvalue weighted by Crippen LogP contribution is 2.49. The number of imidazole rings is 1. The highest BCUT2D eigenvalue weighted by Gasteiger charge is 2.43. The van der Waals surface area contributed by atoms with Crippen LogP contribution in [0.1, 0.15) is 53.1 Å². The first-order valence-corrected chi connectivity index (χ1v) is 14.3. The summed E-state index contributed by atoms with van der Waals surface area (Å²) >= 11 is 6.03. The van der Waals surface area contributed by atoms with E-state index in [0.29, 0.717) is 59.7 Å². The topological polar surface area (TPSA) is 116 Å². The smallest absolute Gasteiger partial charge is 0.335 e. The number of allylic oxidation sites excluding steroid dienone is 1. The van der Waals surface area contributed by atoms with Crippen molar-refractivity contribution in [2.45, 2.75) is 50.7 Å². The van der Waals surface area contributed by atoms with Gasteiger partial charge in [-0.3, -0.25) is 4.98 Å². The van der Waals surface area contributed by atoms with E-state index in [4.69, 9.17) is 30.8 Å². The zero-order valence-corrected chi connectivity index (χ0v) is 23.7. The van der Waals surface area contributed by atoms with Gasteiger partial charge in [0.15, 0.2) is 23.9 Å². The van der Waals surface area contributed by atoms with Gasteiger partial charge in [-0.25, -0.2) is 15.0 Å². The molecule has 1 fully saturated rings. The van der Waals surface area contributed by atoms with Gasteiger partial charge in [0.25, 0.3) is 5.79 Å². The van der Waals surface area contributed by atoms with Crippen molar-refractivity contribution >= 4 is 28.6 Å². The Morgan fingerprint density at radius 3 is 2.74 bits per heavy atom. The van der Waals surface area contributed by atoms with E-state index in [1.165, 1.54) is 0 Å². The SMILES string of the molecule is C[C@]1(c2ccc(Cl)cn2)Oc2cccc(C3C=C[N+](O)(Cc4nc5ccc(C(=O)O)cc5n4C[C@@H]4CCO4)CC3)c2O1. The van der Waals surface area contributed by atoms with Crippen LogP contribution in [0.2, 0.25) is 5.02 Å². The highest BCUT2D eigenvalue weighted by molar-refractivity contribution is 6.30. The summed E-state index contributed by atoms with van der Waals surface area (Å²) in [5.74, 6) is -0.0839. The van der Waals surface area contributed by atoms with Gasteiger partial charge in [0, 0.05) is 37.6 Å². The van der Waals surface area contributed by atoms with Crippen LogP contribution in [0.4, 0.5) is 0 Å². The summed E-state index contributed by atoms with van der Waals surface area (Å²) in [6, 6.07) is 14.3. The molecule has 2 unspecified atom stereocenters. The van der Waals surface area contributed by atoms with Crippen LogP contribution in [0.25, 0.3) is 11.0 Å². The van der Waals surface area contributed by atoms with Crippen molar-refractivity contribution < 1.29 is 34.0 Å². The third kappa shape index (κ3) is 4.80. The van der Waals surface area contributed by atoms with E-state index < -0.39 is 11.8 Å². The zero-order valence-electron chi connectivity index (χ0n) is 22.9. The fourth-order valence-electron chi connectivity index (χ4n) is 5.88. The molecule has 42 heavy (non-hydrogen) atoms. The molecule has 0 spiro atoms. The van der Waals surface area contributed by atoms with Gasteiger partial charge >= 0.3 is 5.97 Å². The lowest BCUT2D eigenvalue weighted by molar-refractivity contribution is -1.08. The maximum Gasteiger partial charge on any atom is 0.335 e.